The van der Waals surface area contributed by atoms with Crippen molar-refractivity contribution in [1.29, 1.82) is 5.26 Å². The van der Waals surface area contributed by atoms with Gasteiger partial charge in [-0.15, -0.1) is 0 Å². The predicted molar refractivity (Wildman–Crippen MR) is 74.8 cm³/mol. The smallest absolute Gasteiger partial charge is 0.368 e. The molecule has 110 valence electrons. The molecule has 2 rings (SSSR count). The Morgan fingerprint density at radius 2 is 1.90 bits per heavy atom. The Labute approximate surface area is 120 Å². The third kappa shape index (κ3) is 3.07. The molecule has 2 aromatic rings. The highest BCUT2D eigenvalue weighted by Crippen LogP contribution is 2.37. The summed E-state index contributed by atoms with van der Waals surface area (Å²) in [5, 5.41) is 12.5. The fourth-order valence-corrected chi connectivity index (χ4v) is 1.74. The van der Waals surface area contributed by atoms with Crippen molar-refractivity contribution in [2.75, 3.05) is 11.9 Å². The molecule has 0 radical (unpaired) electrons. The van der Waals surface area contributed by atoms with Gasteiger partial charge in [-0.25, -0.2) is 4.98 Å². The molecule has 0 unspecified atom stereocenters. The van der Waals surface area contributed by atoms with Gasteiger partial charge in [0.2, 0.25) is 0 Å². The summed E-state index contributed by atoms with van der Waals surface area (Å²) in [7, 11) is 0. The van der Waals surface area contributed by atoms with Crippen molar-refractivity contribution in [2.24, 2.45) is 5.41 Å². The molecule has 0 aliphatic heterocycles. The number of fused-ring (bicyclic) bond motifs is 1. The van der Waals surface area contributed by atoms with Gasteiger partial charge in [0.25, 0.3) is 0 Å². The molecule has 1 N–H and O–H groups in total. The lowest BCUT2D eigenvalue weighted by Gasteiger charge is -2.28. The average molecular weight is 293 g/mol. The molecule has 21 heavy (non-hydrogen) atoms. The average Bonchev–Trinajstić information content (AvgIpc) is 2.42. The molecule has 0 fully saturated rings. The molecule has 1 aromatic heterocycles. The van der Waals surface area contributed by atoms with Gasteiger partial charge in [-0.1, -0.05) is 18.2 Å². The van der Waals surface area contributed by atoms with Crippen LogP contribution in [0.1, 0.15) is 19.4 Å². The zero-order chi connectivity index (χ0) is 15.7. The van der Waals surface area contributed by atoms with Crippen LogP contribution < -0.4 is 5.32 Å². The second-order valence-electron chi connectivity index (χ2n) is 5.42. The summed E-state index contributed by atoms with van der Waals surface area (Å²) in [6, 6.07) is 10.7. The van der Waals surface area contributed by atoms with E-state index in [1.165, 1.54) is 0 Å². The van der Waals surface area contributed by atoms with Gasteiger partial charge in [0.1, 0.15) is 11.9 Å². The third-order valence-electron chi connectivity index (χ3n) is 3.31. The van der Waals surface area contributed by atoms with Crippen molar-refractivity contribution in [1.82, 2.24) is 4.98 Å². The molecule has 0 saturated carbocycles. The summed E-state index contributed by atoms with van der Waals surface area (Å²) in [6.07, 6.45) is -4.33. The zero-order valence-electron chi connectivity index (χ0n) is 11.6. The second-order valence-corrected chi connectivity index (χ2v) is 5.42. The van der Waals surface area contributed by atoms with Crippen molar-refractivity contribution in [3.63, 3.8) is 0 Å². The SMILES string of the molecule is CC(C)(CNc1nc2ccccc2cc1C#N)C(F)(F)F. The largest absolute Gasteiger partial charge is 0.395 e. The van der Waals surface area contributed by atoms with Crippen LogP contribution in [0.2, 0.25) is 0 Å². The molecular weight excluding hydrogens is 279 g/mol. The van der Waals surface area contributed by atoms with E-state index in [4.69, 9.17) is 5.26 Å². The molecule has 0 spiro atoms. The first-order valence-electron chi connectivity index (χ1n) is 6.35. The van der Waals surface area contributed by atoms with Gasteiger partial charge in [0.15, 0.2) is 0 Å². The van der Waals surface area contributed by atoms with E-state index in [0.29, 0.717) is 5.52 Å². The molecule has 1 heterocycles. The first kappa shape index (κ1) is 15.1. The standard InChI is InChI=1S/C15H14F3N3/c1-14(2,15(16,17)18)9-20-13-11(8-19)7-10-5-3-4-6-12(10)21-13/h3-7H,9H2,1-2H3,(H,20,21). The van der Waals surface area contributed by atoms with Crippen molar-refractivity contribution in [3.8, 4) is 6.07 Å². The van der Waals surface area contributed by atoms with Gasteiger partial charge in [0.05, 0.1) is 16.5 Å². The number of nitrogens with zero attached hydrogens (tertiary/aromatic N) is 2. The van der Waals surface area contributed by atoms with Gasteiger partial charge >= 0.3 is 6.18 Å². The molecule has 6 heteroatoms. The van der Waals surface area contributed by atoms with Crippen LogP contribution in [0, 0.1) is 16.7 Å². The van der Waals surface area contributed by atoms with E-state index in [-0.39, 0.29) is 17.9 Å². The van der Waals surface area contributed by atoms with Crippen LogP contribution in [0.25, 0.3) is 10.9 Å². The predicted octanol–water partition coefficient (Wildman–Crippen LogP) is 4.11. The lowest BCUT2D eigenvalue weighted by atomic mass is 9.92. The van der Waals surface area contributed by atoms with Gasteiger partial charge in [0, 0.05) is 11.9 Å². The summed E-state index contributed by atoms with van der Waals surface area (Å²) >= 11 is 0. The van der Waals surface area contributed by atoms with Gasteiger partial charge < -0.3 is 5.32 Å². The number of halogens is 3. The maximum absolute atomic E-state index is 12.8. The van der Waals surface area contributed by atoms with Crippen LogP contribution in [0.5, 0.6) is 0 Å². The number of aromatic nitrogens is 1. The van der Waals surface area contributed by atoms with E-state index in [1.54, 1.807) is 24.3 Å². The topological polar surface area (TPSA) is 48.7 Å². The monoisotopic (exact) mass is 293 g/mol. The molecule has 0 aliphatic carbocycles. The number of nitrogens with one attached hydrogen (secondary N) is 1. The zero-order valence-corrected chi connectivity index (χ0v) is 11.6. The van der Waals surface area contributed by atoms with Crippen LogP contribution in [-0.2, 0) is 0 Å². The first-order chi connectivity index (χ1) is 9.74. The number of rotatable bonds is 3. The summed E-state index contributed by atoms with van der Waals surface area (Å²) < 4.78 is 38.5. The number of nitriles is 1. The van der Waals surface area contributed by atoms with Crippen molar-refractivity contribution in [2.45, 2.75) is 20.0 Å². The van der Waals surface area contributed by atoms with E-state index in [1.807, 2.05) is 12.1 Å². The number of para-hydroxylation sites is 1. The highest BCUT2D eigenvalue weighted by atomic mass is 19.4. The highest BCUT2D eigenvalue weighted by molar-refractivity contribution is 5.82. The first-order valence-corrected chi connectivity index (χ1v) is 6.35. The molecule has 0 amide bonds. The fourth-order valence-electron chi connectivity index (χ4n) is 1.74. The summed E-state index contributed by atoms with van der Waals surface area (Å²) in [5.41, 5.74) is -1.05. The van der Waals surface area contributed by atoms with Gasteiger partial charge in [-0.2, -0.15) is 18.4 Å². The number of hydrogen-bond acceptors (Lipinski definition) is 3. The van der Waals surface area contributed by atoms with Crippen molar-refractivity contribution < 1.29 is 13.2 Å². The van der Waals surface area contributed by atoms with Gasteiger partial charge in [-0.05, 0) is 26.0 Å². The number of alkyl halides is 3. The lowest BCUT2D eigenvalue weighted by Crippen LogP contribution is -2.38. The lowest BCUT2D eigenvalue weighted by molar-refractivity contribution is -0.206. The van der Waals surface area contributed by atoms with Crippen LogP contribution in [0.4, 0.5) is 19.0 Å². The number of pyridine rings is 1. The molecule has 0 saturated heterocycles. The number of anilines is 1. The fraction of sp³-hybridized carbons (Fsp3) is 0.333. The van der Waals surface area contributed by atoms with E-state index >= 15 is 0 Å². The molecule has 0 atom stereocenters. The van der Waals surface area contributed by atoms with E-state index < -0.39 is 11.6 Å². The minimum atomic E-state index is -4.33. The molecule has 0 bridgehead atoms. The van der Waals surface area contributed by atoms with Crippen LogP contribution in [0.15, 0.2) is 30.3 Å². The van der Waals surface area contributed by atoms with Crippen molar-refractivity contribution in [3.05, 3.63) is 35.9 Å². The minimum Gasteiger partial charge on any atom is -0.368 e. The Kier molecular flexibility index (Phi) is 3.77. The Bertz CT molecular complexity index is 699. The Morgan fingerprint density at radius 1 is 1.24 bits per heavy atom. The molecule has 1 aromatic carbocycles. The third-order valence-corrected chi connectivity index (χ3v) is 3.31. The maximum Gasteiger partial charge on any atom is 0.395 e. The van der Waals surface area contributed by atoms with Gasteiger partial charge in [-0.3, -0.25) is 0 Å². The summed E-state index contributed by atoms with van der Waals surface area (Å²) in [4.78, 5) is 4.23. The van der Waals surface area contributed by atoms with E-state index in [0.717, 1.165) is 19.2 Å². The quantitative estimate of drug-likeness (QED) is 0.926. The number of hydrogen-bond donors (Lipinski definition) is 1. The van der Waals surface area contributed by atoms with Crippen LogP contribution in [-0.4, -0.2) is 17.7 Å². The maximum atomic E-state index is 12.8. The second kappa shape index (κ2) is 5.24. The van der Waals surface area contributed by atoms with Crippen LogP contribution >= 0.6 is 0 Å². The Morgan fingerprint density at radius 3 is 2.52 bits per heavy atom. The van der Waals surface area contributed by atoms with Crippen LogP contribution in [0.3, 0.4) is 0 Å². The highest BCUT2D eigenvalue weighted by Gasteiger charge is 2.47. The normalized spacial score (nSPS) is 12.2. The molecular formula is C15H14F3N3. The molecule has 0 aliphatic rings. The minimum absolute atomic E-state index is 0.175. The Balaban J connectivity index is 2.32. The van der Waals surface area contributed by atoms with E-state index in [2.05, 4.69) is 10.3 Å². The summed E-state index contributed by atoms with van der Waals surface area (Å²) in [5.74, 6) is 0.175. The van der Waals surface area contributed by atoms with E-state index in [9.17, 15) is 13.2 Å². The Hall–Kier alpha value is -2.29. The number of benzene rings is 1. The van der Waals surface area contributed by atoms with Crippen molar-refractivity contribution >= 4 is 16.7 Å². The summed E-state index contributed by atoms with van der Waals surface area (Å²) in [6.45, 7) is 1.86. The molecule has 3 nitrogen and oxygen atoms in total.